The van der Waals surface area contributed by atoms with Gasteiger partial charge in [-0.25, -0.2) is 9.97 Å². The first-order valence-electron chi connectivity index (χ1n) is 10.1. The van der Waals surface area contributed by atoms with Crippen molar-refractivity contribution in [3.8, 4) is 17.7 Å². The van der Waals surface area contributed by atoms with Gasteiger partial charge in [0.15, 0.2) is 0 Å². The summed E-state index contributed by atoms with van der Waals surface area (Å²) in [5.74, 6) is 7.37. The van der Waals surface area contributed by atoms with E-state index in [-0.39, 0.29) is 5.91 Å². The summed E-state index contributed by atoms with van der Waals surface area (Å²) in [4.78, 5) is 29.9. The lowest BCUT2D eigenvalue weighted by Crippen LogP contribution is -2.49. The molecule has 1 aliphatic rings. The van der Waals surface area contributed by atoms with Crippen LogP contribution in [0.3, 0.4) is 0 Å². The number of piperazine rings is 1. The Morgan fingerprint density at radius 2 is 1.84 bits per heavy atom. The summed E-state index contributed by atoms with van der Waals surface area (Å²) in [5, 5.41) is 0. The average Bonchev–Trinajstić information content (AvgIpc) is 2.84. The van der Waals surface area contributed by atoms with Crippen molar-refractivity contribution in [2.24, 2.45) is 0 Å². The van der Waals surface area contributed by atoms with E-state index in [1.807, 2.05) is 48.2 Å². The lowest BCUT2D eigenvalue weighted by atomic mass is 10.0. The normalized spacial score (nSPS) is 13.4. The number of anilines is 1. The molecule has 1 aromatic carbocycles. The van der Waals surface area contributed by atoms with E-state index in [0.717, 1.165) is 11.1 Å². The van der Waals surface area contributed by atoms with Crippen molar-refractivity contribution in [3.05, 3.63) is 77.2 Å². The Morgan fingerprint density at radius 1 is 1.00 bits per heavy atom. The van der Waals surface area contributed by atoms with Gasteiger partial charge in [-0.1, -0.05) is 18.1 Å². The predicted octanol–water partition coefficient (Wildman–Crippen LogP) is 2.55. The number of pyridine rings is 1. The number of ether oxygens (including phenoxy) is 1. The van der Waals surface area contributed by atoms with E-state index in [1.165, 1.54) is 0 Å². The molecule has 2 aromatic heterocycles. The van der Waals surface area contributed by atoms with Gasteiger partial charge in [0.25, 0.3) is 5.91 Å². The smallest absolute Gasteiger partial charge is 0.254 e. The summed E-state index contributed by atoms with van der Waals surface area (Å²) >= 11 is 0. The van der Waals surface area contributed by atoms with Gasteiger partial charge in [0.2, 0.25) is 11.8 Å². The van der Waals surface area contributed by atoms with Crippen LogP contribution in [0.1, 0.15) is 27.2 Å². The van der Waals surface area contributed by atoms with Gasteiger partial charge in [0.05, 0.1) is 7.11 Å². The number of hydrogen-bond acceptors (Lipinski definition) is 6. The average molecular weight is 413 g/mol. The van der Waals surface area contributed by atoms with Gasteiger partial charge < -0.3 is 14.5 Å². The number of nitrogens with zero attached hydrogens (tertiary/aromatic N) is 5. The Morgan fingerprint density at radius 3 is 2.58 bits per heavy atom. The van der Waals surface area contributed by atoms with E-state index < -0.39 is 0 Å². The number of hydrogen-bond donors (Lipinski definition) is 0. The van der Waals surface area contributed by atoms with Crippen molar-refractivity contribution >= 4 is 11.9 Å². The number of aryl methyl sites for hydroxylation is 1. The molecule has 0 bridgehead atoms. The van der Waals surface area contributed by atoms with Crippen LogP contribution in [0.15, 0.2) is 54.9 Å². The highest BCUT2D eigenvalue weighted by Crippen LogP contribution is 2.17. The van der Waals surface area contributed by atoms with Crippen molar-refractivity contribution in [2.75, 3.05) is 38.2 Å². The zero-order valence-corrected chi connectivity index (χ0v) is 17.6. The first kappa shape index (κ1) is 20.4. The summed E-state index contributed by atoms with van der Waals surface area (Å²) in [6.45, 7) is 4.52. The van der Waals surface area contributed by atoms with Crippen molar-refractivity contribution < 1.29 is 9.53 Å². The lowest BCUT2D eigenvalue weighted by Gasteiger charge is -2.34. The highest BCUT2D eigenvalue weighted by Gasteiger charge is 2.24. The summed E-state index contributed by atoms with van der Waals surface area (Å²) in [6, 6.07) is 13.0. The van der Waals surface area contributed by atoms with E-state index in [1.54, 1.807) is 25.6 Å². The highest BCUT2D eigenvalue weighted by molar-refractivity contribution is 5.95. The van der Waals surface area contributed by atoms with Crippen LogP contribution in [0.4, 0.5) is 5.95 Å². The molecule has 0 saturated carbocycles. The summed E-state index contributed by atoms with van der Waals surface area (Å²) in [5.41, 5.74) is 3.21. The van der Waals surface area contributed by atoms with Crippen LogP contribution in [-0.2, 0) is 0 Å². The first-order chi connectivity index (χ1) is 15.1. The molecule has 0 N–H and O–H groups in total. The van der Waals surface area contributed by atoms with Crippen LogP contribution in [0.5, 0.6) is 5.88 Å². The zero-order valence-electron chi connectivity index (χ0n) is 17.6. The lowest BCUT2D eigenvalue weighted by molar-refractivity contribution is 0.0746. The SMILES string of the molecule is COc1ccnc(N2CCN(C(=O)c3ccc(C)c(C#Cc4ccccn4)c3)CC2)n1. The zero-order chi connectivity index (χ0) is 21.6. The molecule has 0 spiro atoms. The molecule has 1 saturated heterocycles. The number of carbonyl (C=O) groups excluding carboxylic acids is 1. The Bertz CT molecular complexity index is 1130. The standard InChI is InChI=1S/C24H23N5O2/c1-18-6-7-20(17-19(18)8-9-21-5-3-4-11-25-21)23(30)28-13-15-29(16-14-28)24-26-12-10-22(27-24)31-2/h3-7,10-12,17H,13-16H2,1-2H3. The predicted molar refractivity (Wildman–Crippen MR) is 118 cm³/mol. The molecular formula is C24H23N5O2. The molecule has 1 amide bonds. The largest absolute Gasteiger partial charge is 0.481 e. The molecule has 0 radical (unpaired) electrons. The summed E-state index contributed by atoms with van der Waals surface area (Å²) < 4.78 is 5.17. The Kier molecular flexibility index (Phi) is 6.08. The first-order valence-corrected chi connectivity index (χ1v) is 10.1. The number of methoxy groups -OCH3 is 1. The van der Waals surface area contributed by atoms with Gasteiger partial charge in [-0.05, 0) is 42.7 Å². The maximum atomic E-state index is 13.1. The van der Waals surface area contributed by atoms with Crippen molar-refractivity contribution in [1.82, 2.24) is 19.9 Å². The Labute approximate surface area is 181 Å². The van der Waals surface area contributed by atoms with Crippen LogP contribution in [-0.4, -0.2) is 59.0 Å². The van der Waals surface area contributed by atoms with Crippen LogP contribution in [0.25, 0.3) is 0 Å². The molecule has 4 rings (SSSR count). The molecule has 156 valence electrons. The van der Waals surface area contributed by atoms with Crippen molar-refractivity contribution in [2.45, 2.75) is 6.92 Å². The van der Waals surface area contributed by atoms with Gasteiger partial charge in [-0.2, -0.15) is 4.98 Å². The molecule has 1 fully saturated rings. The number of amides is 1. The second-order valence-electron chi connectivity index (χ2n) is 7.17. The van der Waals surface area contributed by atoms with Crippen LogP contribution < -0.4 is 9.64 Å². The summed E-state index contributed by atoms with van der Waals surface area (Å²) in [6.07, 6.45) is 3.39. The van der Waals surface area contributed by atoms with Gasteiger partial charge in [-0.3, -0.25) is 4.79 Å². The molecule has 31 heavy (non-hydrogen) atoms. The fourth-order valence-corrected chi connectivity index (χ4v) is 3.35. The van der Waals surface area contributed by atoms with E-state index in [9.17, 15) is 4.79 Å². The number of carbonyl (C=O) groups is 1. The fourth-order valence-electron chi connectivity index (χ4n) is 3.35. The molecule has 3 heterocycles. The molecular weight excluding hydrogens is 390 g/mol. The van der Waals surface area contributed by atoms with Crippen LogP contribution in [0, 0.1) is 18.8 Å². The fraction of sp³-hybridized carbons (Fsp3) is 0.250. The second-order valence-corrected chi connectivity index (χ2v) is 7.17. The molecule has 0 aliphatic carbocycles. The number of rotatable bonds is 3. The van der Waals surface area contributed by atoms with Gasteiger partial charge in [0, 0.05) is 55.8 Å². The molecule has 0 unspecified atom stereocenters. The van der Waals surface area contributed by atoms with Gasteiger partial charge in [0.1, 0.15) is 5.69 Å². The van der Waals surface area contributed by atoms with E-state index in [2.05, 4.69) is 31.7 Å². The minimum atomic E-state index is 0.00657. The summed E-state index contributed by atoms with van der Waals surface area (Å²) in [7, 11) is 1.58. The Hall–Kier alpha value is -3.92. The number of aromatic nitrogens is 3. The molecule has 1 aliphatic heterocycles. The third kappa shape index (κ3) is 4.81. The van der Waals surface area contributed by atoms with E-state index in [0.29, 0.717) is 49.3 Å². The Balaban J connectivity index is 1.45. The molecule has 0 atom stereocenters. The maximum Gasteiger partial charge on any atom is 0.254 e. The van der Waals surface area contributed by atoms with E-state index >= 15 is 0 Å². The molecule has 3 aromatic rings. The topological polar surface area (TPSA) is 71.5 Å². The molecule has 7 heteroatoms. The maximum absolute atomic E-state index is 13.1. The third-order valence-electron chi connectivity index (χ3n) is 5.15. The van der Waals surface area contributed by atoms with Crippen LogP contribution in [0.2, 0.25) is 0 Å². The van der Waals surface area contributed by atoms with Gasteiger partial charge >= 0.3 is 0 Å². The highest BCUT2D eigenvalue weighted by atomic mass is 16.5. The minimum absolute atomic E-state index is 0.00657. The quantitative estimate of drug-likeness (QED) is 0.615. The molecule has 7 nitrogen and oxygen atoms in total. The van der Waals surface area contributed by atoms with Crippen molar-refractivity contribution in [1.29, 1.82) is 0 Å². The van der Waals surface area contributed by atoms with E-state index in [4.69, 9.17) is 4.74 Å². The minimum Gasteiger partial charge on any atom is -0.481 e. The van der Waals surface area contributed by atoms with Crippen LogP contribution >= 0.6 is 0 Å². The third-order valence-corrected chi connectivity index (χ3v) is 5.15. The monoisotopic (exact) mass is 413 g/mol. The van der Waals surface area contributed by atoms with Crippen molar-refractivity contribution in [3.63, 3.8) is 0 Å². The van der Waals surface area contributed by atoms with Gasteiger partial charge in [-0.15, -0.1) is 0 Å². The number of benzene rings is 1. The second kappa shape index (κ2) is 9.26.